The topological polar surface area (TPSA) is 93.5 Å². The van der Waals surface area contributed by atoms with Crippen LogP contribution in [0.3, 0.4) is 0 Å². The van der Waals surface area contributed by atoms with Crippen LogP contribution in [0.25, 0.3) is 0 Å². The fraction of sp³-hybridized carbons (Fsp3) is 0.462. The third kappa shape index (κ3) is 3.45. The monoisotopic (exact) mass is 279 g/mol. The van der Waals surface area contributed by atoms with Crippen molar-refractivity contribution in [2.75, 3.05) is 13.7 Å². The van der Waals surface area contributed by atoms with Crippen LogP contribution in [0.1, 0.15) is 18.4 Å². The Morgan fingerprint density at radius 3 is 2.95 bits per heavy atom. The van der Waals surface area contributed by atoms with Gasteiger partial charge < -0.3 is 15.4 Å². The Hall–Kier alpha value is -2.15. The van der Waals surface area contributed by atoms with E-state index in [4.69, 9.17) is 4.74 Å². The van der Waals surface area contributed by atoms with Crippen LogP contribution in [0.2, 0.25) is 0 Å². The zero-order chi connectivity index (χ0) is 14.5. The van der Waals surface area contributed by atoms with Crippen LogP contribution in [-0.4, -0.2) is 30.5 Å². The predicted molar refractivity (Wildman–Crippen MR) is 72.5 cm³/mol. The molecule has 0 spiro atoms. The fourth-order valence-corrected chi connectivity index (χ4v) is 2.16. The largest absolute Gasteiger partial charge is 0.490 e. The van der Waals surface area contributed by atoms with E-state index in [-0.39, 0.29) is 23.4 Å². The molecule has 1 heterocycles. The summed E-state index contributed by atoms with van der Waals surface area (Å²) in [7, 11) is 1.41. The maximum atomic E-state index is 11.0. The molecule has 1 aromatic rings. The van der Waals surface area contributed by atoms with Gasteiger partial charge in [0.2, 0.25) is 5.91 Å². The number of rotatable bonds is 5. The van der Waals surface area contributed by atoms with E-state index >= 15 is 0 Å². The van der Waals surface area contributed by atoms with E-state index < -0.39 is 4.92 Å². The number of benzene rings is 1. The number of carbonyl (C=O) groups excluding carboxylic acids is 1. The van der Waals surface area contributed by atoms with Gasteiger partial charge in [0.05, 0.1) is 12.0 Å². The molecule has 1 fully saturated rings. The van der Waals surface area contributed by atoms with Gasteiger partial charge in [-0.25, -0.2) is 0 Å². The Morgan fingerprint density at radius 2 is 2.35 bits per heavy atom. The molecule has 0 radical (unpaired) electrons. The average molecular weight is 279 g/mol. The van der Waals surface area contributed by atoms with Crippen LogP contribution < -0.4 is 15.4 Å². The van der Waals surface area contributed by atoms with Gasteiger partial charge in [0.15, 0.2) is 5.75 Å². The quantitative estimate of drug-likeness (QED) is 0.619. The minimum atomic E-state index is -0.455. The van der Waals surface area contributed by atoms with E-state index in [1.165, 1.54) is 13.2 Å². The number of ether oxygens (including phenoxy) is 1. The number of amides is 1. The number of carbonyl (C=O) groups is 1. The molecule has 1 aliphatic heterocycles. The molecule has 0 saturated carbocycles. The molecule has 7 heteroatoms. The third-order valence-corrected chi connectivity index (χ3v) is 3.30. The number of hydrogen-bond acceptors (Lipinski definition) is 5. The highest BCUT2D eigenvalue weighted by molar-refractivity contribution is 5.76. The van der Waals surface area contributed by atoms with E-state index in [0.29, 0.717) is 19.5 Å². The molecule has 20 heavy (non-hydrogen) atoms. The SMILES string of the molecule is COc1ccc(CNC2CCC(=O)NC2)cc1[N+](=O)[O-]. The van der Waals surface area contributed by atoms with Gasteiger partial charge in [-0.15, -0.1) is 0 Å². The highest BCUT2D eigenvalue weighted by Gasteiger charge is 2.18. The van der Waals surface area contributed by atoms with Gasteiger partial charge in [-0.05, 0) is 18.1 Å². The van der Waals surface area contributed by atoms with Gasteiger partial charge in [-0.2, -0.15) is 0 Å². The second-order valence-corrected chi connectivity index (χ2v) is 4.68. The molecule has 1 atom stereocenters. The predicted octanol–water partition coefficient (Wildman–Crippen LogP) is 0.972. The molecular formula is C13H17N3O4. The number of nitro groups is 1. The summed E-state index contributed by atoms with van der Waals surface area (Å²) < 4.78 is 4.96. The molecule has 0 bridgehead atoms. The summed E-state index contributed by atoms with van der Waals surface area (Å²) in [5, 5.41) is 17.0. The number of hydrogen-bond donors (Lipinski definition) is 2. The first-order chi connectivity index (χ1) is 9.60. The lowest BCUT2D eigenvalue weighted by Gasteiger charge is -2.23. The smallest absolute Gasteiger partial charge is 0.311 e. The zero-order valence-corrected chi connectivity index (χ0v) is 11.2. The number of piperidine rings is 1. The molecule has 1 aromatic carbocycles. The summed E-state index contributed by atoms with van der Waals surface area (Å²) in [4.78, 5) is 21.5. The summed E-state index contributed by atoms with van der Waals surface area (Å²) in [5.74, 6) is 0.326. The highest BCUT2D eigenvalue weighted by Crippen LogP contribution is 2.27. The summed E-state index contributed by atoms with van der Waals surface area (Å²) in [6.45, 7) is 1.11. The van der Waals surface area contributed by atoms with E-state index in [2.05, 4.69) is 10.6 Å². The maximum Gasteiger partial charge on any atom is 0.311 e. The minimum absolute atomic E-state index is 0.0382. The first-order valence-corrected chi connectivity index (χ1v) is 6.41. The van der Waals surface area contributed by atoms with Crippen molar-refractivity contribution < 1.29 is 14.5 Å². The van der Waals surface area contributed by atoms with Gasteiger partial charge in [-0.1, -0.05) is 6.07 Å². The van der Waals surface area contributed by atoms with E-state index in [1.54, 1.807) is 12.1 Å². The van der Waals surface area contributed by atoms with Crippen LogP contribution in [-0.2, 0) is 11.3 Å². The summed E-state index contributed by atoms with van der Waals surface area (Å²) in [6, 6.07) is 5.10. The molecule has 2 rings (SSSR count). The van der Waals surface area contributed by atoms with Crippen molar-refractivity contribution in [3.63, 3.8) is 0 Å². The summed E-state index contributed by atoms with van der Waals surface area (Å²) >= 11 is 0. The van der Waals surface area contributed by atoms with E-state index in [0.717, 1.165) is 12.0 Å². The number of nitro benzene ring substituents is 1. The van der Waals surface area contributed by atoms with Crippen LogP contribution in [0.5, 0.6) is 5.75 Å². The highest BCUT2D eigenvalue weighted by atomic mass is 16.6. The Balaban J connectivity index is 1.97. The normalized spacial score (nSPS) is 18.4. The van der Waals surface area contributed by atoms with E-state index in [9.17, 15) is 14.9 Å². The van der Waals surface area contributed by atoms with Crippen LogP contribution in [0.15, 0.2) is 18.2 Å². The Bertz CT molecular complexity index is 508. The molecule has 1 amide bonds. The van der Waals surface area contributed by atoms with Crippen LogP contribution in [0, 0.1) is 10.1 Å². The second kappa shape index (κ2) is 6.33. The van der Waals surface area contributed by atoms with Crippen molar-refractivity contribution in [1.82, 2.24) is 10.6 Å². The Morgan fingerprint density at radius 1 is 1.55 bits per heavy atom. The molecular weight excluding hydrogens is 262 g/mol. The summed E-state index contributed by atoms with van der Waals surface area (Å²) in [6.07, 6.45) is 1.30. The molecule has 1 saturated heterocycles. The number of nitrogens with zero attached hydrogens (tertiary/aromatic N) is 1. The molecule has 1 unspecified atom stereocenters. The van der Waals surface area contributed by atoms with Crippen molar-refractivity contribution in [3.05, 3.63) is 33.9 Å². The minimum Gasteiger partial charge on any atom is -0.490 e. The Labute approximate surface area is 116 Å². The standard InChI is InChI=1S/C13H17N3O4/c1-20-12-4-2-9(6-11(12)16(18)19)7-14-10-3-5-13(17)15-8-10/h2,4,6,10,14H,3,5,7-8H2,1H3,(H,15,17). The Kier molecular flexibility index (Phi) is 4.52. The lowest BCUT2D eigenvalue weighted by Crippen LogP contribution is -2.45. The third-order valence-electron chi connectivity index (χ3n) is 3.30. The average Bonchev–Trinajstić information content (AvgIpc) is 2.46. The number of methoxy groups -OCH3 is 1. The second-order valence-electron chi connectivity index (χ2n) is 4.68. The van der Waals surface area contributed by atoms with Crippen molar-refractivity contribution in [2.45, 2.75) is 25.4 Å². The molecule has 1 aliphatic rings. The zero-order valence-electron chi connectivity index (χ0n) is 11.2. The molecule has 0 aromatic heterocycles. The lowest BCUT2D eigenvalue weighted by molar-refractivity contribution is -0.385. The first kappa shape index (κ1) is 14.3. The van der Waals surface area contributed by atoms with Gasteiger partial charge >= 0.3 is 5.69 Å². The molecule has 2 N–H and O–H groups in total. The van der Waals surface area contributed by atoms with Crippen LogP contribution >= 0.6 is 0 Å². The van der Waals surface area contributed by atoms with Crippen LogP contribution in [0.4, 0.5) is 5.69 Å². The van der Waals surface area contributed by atoms with Crippen molar-refractivity contribution in [3.8, 4) is 5.75 Å². The van der Waals surface area contributed by atoms with Gasteiger partial charge in [0.1, 0.15) is 0 Å². The number of nitrogens with one attached hydrogen (secondary N) is 2. The maximum absolute atomic E-state index is 11.0. The molecule has 0 aliphatic carbocycles. The molecule has 7 nitrogen and oxygen atoms in total. The van der Waals surface area contributed by atoms with Crippen molar-refractivity contribution in [1.29, 1.82) is 0 Å². The van der Waals surface area contributed by atoms with Gasteiger partial charge in [-0.3, -0.25) is 14.9 Å². The van der Waals surface area contributed by atoms with Crippen molar-refractivity contribution >= 4 is 11.6 Å². The summed E-state index contributed by atoms with van der Waals surface area (Å²) in [5.41, 5.74) is 0.776. The van der Waals surface area contributed by atoms with Crippen molar-refractivity contribution in [2.24, 2.45) is 0 Å². The molecule has 108 valence electrons. The first-order valence-electron chi connectivity index (χ1n) is 6.41. The van der Waals surface area contributed by atoms with E-state index in [1.807, 2.05) is 0 Å². The fourth-order valence-electron chi connectivity index (χ4n) is 2.16. The van der Waals surface area contributed by atoms with Gasteiger partial charge in [0, 0.05) is 31.6 Å². The van der Waals surface area contributed by atoms with Gasteiger partial charge in [0.25, 0.3) is 0 Å². The lowest BCUT2D eigenvalue weighted by atomic mass is 10.1.